The molecule has 0 aliphatic carbocycles. The number of amides is 1. The van der Waals surface area contributed by atoms with Crippen molar-refractivity contribution in [3.63, 3.8) is 0 Å². The smallest absolute Gasteiger partial charge is 0.255 e. The first-order valence-corrected chi connectivity index (χ1v) is 7.89. The molecule has 0 bridgehead atoms. The summed E-state index contributed by atoms with van der Waals surface area (Å²) in [6.07, 6.45) is 2.10. The number of ether oxygens (including phenoxy) is 2. The number of anilines is 1. The monoisotopic (exact) mass is 333 g/mol. The van der Waals surface area contributed by atoms with Crippen molar-refractivity contribution >= 4 is 23.2 Å². The molecule has 2 rings (SSSR count). The van der Waals surface area contributed by atoms with Crippen molar-refractivity contribution in [2.75, 3.05) is 19.0 Å². The summed E-state index contributed by atoms with van der Waals surface area (Å²) in [5, 5.41) is 3.33. The molecule has 0 saturated carbocycles. The third-order valence-corrected chi connectivity index (χ3v) is 3.53. The van der Waals surface area contributed by atoms with Gasteiger partial charge in [-0.3, -0.25) is 4.79 Å². The highest BCUT2D eigenvalue weighted by molar-refractivity contribution is 6.31. The molecule has 0 heterocycles. The molecule has 2 aromatic rings. The summed E-state index contributed by atoms with van der Waals surface area (Å²) >= 11 is 5.96. The Labute approximate surface area is 141 Å². The van der Waals surface area contributed by atoms with Gasteiger partial charge in [-0.1, -0.05) is 24.9 Å². The van der Waals surface area contributed by atoms with Crippen molar-refractivity contribution in [1.29, 1.82) is 0 Å². The van der Waals surface area contributed by atoms with Crippen LogP contribution in [0.25, 0.3) is 0 Å². The van der Waals surface area contributed by atoms with Gasteiger partial charge in [0.25, 0.3) is 5.91 Å². The average molecular weight is 334 g/mol. The van der Waals surface area contributed by atoms with Crippen molar-refractivity contribution in [2.45, 2.75) is 19.8 Å². The number of carbonyl (C=O) groups is 1. The summed E-state index contributed by atoms with van der Waals surface area (Å²) in [7, 11) is 1.54. The molecule has 0 aliphatic heterocycles. The number of rotatable bonds is 7. The molecule has 0 atom stereocenters. The zero-order valence-corrected chi connectivity index (χ0v) is 14.0. The topological polar surface area (TPSA) is 47.6 Å². The van der Waals surface area contributed by atoms with Gasteiger partial charge in [0.2, 0.25) is 0 Å². The molecule has 0 spiro atoms. The van der Waals surface area contributed by atoms with Crippen molar-refractivity contribution in [3.05, 3.63) is 53.1 Å². The number of hydrogen-bond donors (Lipinski definition) is 1. The average Bonchev–Trinajstić information content (AvgIpc) is 2.56. The van der Waals surface area contributed by atoms with Crippen LogP contribution in [-0.2, 0) is 0 Å². The number of carbonyl (C=O) groups excluding carboxylic acids is 1. The Morgan fingerprint density at radius 2 is 1.91 bits per heavy atom. The van der Waals surface area contributed by atoms with Crippen LogP contribution in [0.15, 0.2) is 42.5 Å². The number of unbranched alkanes of at least 4 members (excludes halogenated alkanes) is 1. The Morgan fingerprint density at radius 1 is 1.17 bits per heavy atom. The first-order chi connectivity index (χ1) is 11.1. The van der Waals surface area contributed by atoms with E-state index in [0.29, 0.717) is 28.6 Å². The zero-order valence-electron chi connectivity index (χ0n) is 13.3. The van der Waals surface area contributed by atoms with E-state index in [0.717, 1.165) is 18.6 Å². The molecule has 5 heteroatoms. The first-order valence-electron chi connectivity index (χ1n) is 7.51. The van der Waals surface area contributed by atoms with Crippen molar-refractivity contribution < 1.29 is 14.3 Å². The fourth-order valence-electron chi connectivity index (χ4n) is 2.01. The summed E-state index contributed by atoms with van der Waals surface area (Å²) in [6, 6.07) is 12.1. The molecule has 4 nitrogen and oxygen atoms in total. The second-order valence-corrected chi connectivity index (χ2v) is 5.46. The summed E-state index contributed by atoms with van der Waals surface area (Å²) in [6.45, 7) is 2.79. The lowest BCUT2D eigenvalue weighted by molar-refractivity contribution is 0.102. The van der Waals surface area contributed by atoms with Crippen LogP contribution < -0.4 is 14.8 Å². The van der Waals surface area contributed by atoms with Crippen LogP contribution in [0.3, 0.4) is 0 Å². The van der Waals surface area contributed by atoms with E-state index in [9.17, 15) is 4.79 Å². The van der Waals surface area contributed by atoms with E-state index in [1.165, 1.54) is 0 Å². The molecule has 2 aromatic carbocycles. The van der Waals surface area contributed by atoms with E-state index in [4.69, 9.17) is 21.1 Å². The minimum Gasteiger partial charge on any atom is -0.495 e. The molecule has 1 N–H and O–H groups in total. The normalized spacial score (nSPS) is 10.2. The van der Waals surface area contributed by atoms with Gasteiger partial charge < -0.3 is 14.8 Å². The van der Waals surface area contributed by atoms with E-state index in [1.807, 2.05) is 0 Å². The number of benzene rings is 2. The van der Waals surface area contributed by atoms with Crippen LogP contribution >= 0.6 is 11.6 Å². The quantitative estimate of drug-likeness (QED) is 0.742. The Bertz CT molecular complexity index is 656. The highest BCUT2D eigenvalue weighted by Crippen LogP contribution is 2.28. The minimum absolute atomic E-state index is 0.231. The first kappa shape index (κ1) is 17.2. The van der Waals surface area contributed by atoms with Gasteiger partial charge in [-0.05, 0) is 48.9 Å². The van der Waals surface area contributed by atoms with Gasteiger partial charge in [-0.2, -0.15) is 0 Å². The van der Waals surface area contributed by atoms with Crippen molar-refractivity contribution in [3.8, 4) is 11.5 Å². The summed E-state index contributed by atoms with van der Waals surface area (Å²) in [5.74, 6) is 1.09. The highest BCUT2D eigenvalue weighted by Gasteiger charge is 2.10. The maximum Gasteiger partial charge on any atom is 0.255 e. The molecule has 0 unspecified atom stereocenters. The SMILES string of the molecule is CCCCOc1ccc(C(=O)Nc2cc(Cl)ccc2OC)cc1. The largest absolute Gasteiger partial charge is 0.495 e. The predicted octanol–water partition coefficient (Wildman–Crippen LogP) is 4.78. The fraction of sp³-hybridized carbons (Fsp3) is 0.278. The van der Waals surface area contributed by atoms with Crippen LogP contribution in [0, 0.1) is 0 Å². The van der Waals surface area contributed by atoms with E-state index in [-0.39, 0.29) is 5.91 Å². The Hall–Kier alpha value is -2.20. The predicted molar refractivity (Wildman–Crippen MR) is 92.8 cm³/mol. The van der Waals surface area contributed by atoms with Crippen LogP contribution in [0.5, 0.6) is 11.5 Å². The van der Waals surface area contributed by atoms with E-state index >= 15 is 0 Å². The molecule has 0 radical (unpaired) electrons. The van der Waals surface area contributed by atoms with Crippen LogP contribution in [0.1, 0.15) is 30.1 Å². The fourth-order valence-corrected chi connectivity index (χ4v) is 2.18. The van der Waals surface area contributed by atoms with Gasteiger partial charge in [0, 0.05) is 10.6 Å². The molecule has 1 amide bonds. The van der Waals surface area contributed by atoms with Gasteiger partial charge in [0.05, 0.1) is 19.4 Å². The number of hydrogen-bond acceptors (Lipinski definition) is 3. The summed E-state index contributed by atoms with van der Waals surface area (Å²) in [5.41, 5.74) is 1.07. The van der Waals surface area contributed by atoms with Crippen LogP contribution in [0.4, 0.5) is 5.69 Å². The maximum atomic E-state index is 12.3. The Balaban J connectivity index is 2.05. The van der Waals surface area contributed by atoms with Gasteiger partial charge in [0.15, 0.2) is 0 Å². The van der Waals surface area contributed by atoms with Crippen LogP contribution in [-0.4, -0.2) is 19.6 Å². The maximum absolute atomic E-state index is 12.3. The molecule has 0 fully saturated rings. The van der Waals surface area contributed by atoms with E-state index in [2.05, 4.69) is 12.2 Å². The molecule has 0 aliphatic rings. The Morgan fingerprint density at radius 3 is 2.57 bits per heavy atom. The summed E-state index contributed by atoms with van der Waals surface area (Å²) < 4.78 is 10.8. The van der Waals surface area contributed by atoms with E-state index in [1.54, 1.807) is 49.6 Å². The standard InChI is InChI=1S/C18H20ClNO3/c1-3-4-11-23-15-8-5-13(6-9-15)18(21)20-16-12-14(19)7-10-17(16)22-2/h5-10,12H,3-4,11H2,1-2H3,(H,20,21). The lowest BCUT2D eigenvalue weighted by atomic mass is 10.2. The molecular formula is C18H20ClNO3. The number of halogens is 1. The molecule has 23 heavy (non-hydrogen) atoms. The van der Waals surface area contributed by atoms with E-state index < -0.39 is 0 Å². The Kier molecular flexibility index (Phi) is 6.29. The van der Waals surface area contributed by atoms with Gasteiger partial charge in [-0.15, -0.1) is 0 Å². The molecular weight excluding hydrogens is 314 g/mol. The molecule has 0 aromatic heterocycles. The molecule has 122 valence electrons. The van der Waals surface area contributed by atoms with Crippen molar-refractivity contribution in [2.24, 2.45) is 0 Å². The summed E-state index contributed by atoms with van der Waals surface area (Å²) in [4.78, 5) is 12.3. The zero-order chi connectivity index (χ0) is 16.7. The highest BCUT2D eigenvalue weighted by atomic mass is 35.5. The molecule has 0 saturated heterocycles. The third kappa shape index (κ3) is 4.89. The second-order valence-electron chi connectivity index (χ2n) is 5.03. The second kappa shape index (κ2) is 8.44. The van der Waals surface area contributed by atoms with Gasteiger partial charge in [-0.25, -0.2) is 0 Å². The number of methoxy groups -OCH3 is 1. The number of nitrogens with one attached hydrogen (secondary N) is 1. The van der Waals surface area contributed by atoms with Crippen LogP contribution in [0.2, 0.25) is 5.02 Å². The van der Waals surface area contributed by atoms with Gasteiger partial charge >= 0.3 is 0 Å². The lowest BCUT2D eigenvalue weighted by Gasteiger charge is -2.11. The minimum atomic E-state index is -0.231. The third-order valence-electron chi connectivity index (χ3n) is 3.29. The van der Waals surface area contributed by atoms with Gasteiger partial charge in [0.1, 0.15) is 11.5 Å². The lowest BCUT2D eigenvalue weighted by Crippen LogP contribution is -2.12. The van der Waals surface area contributed by atoms with Crippen molar-refractivity contribution in [1.82, 2.24) is 0 Å².